The van der Waals surface area contributed by atoms with Crippen LogP contribution < -0.4 is 11.3 Å². The molecule has 1 atom stereocenters. The number of nitrogens with zero attached hydrogens (tertiary/aromatic N) is 1. The standard InChI is InChI=1S/C15H23N3O2S/c1-2-15(21(19,20)18-11-3-4-12-18)10-7-13-5-8-14(17-16)9-6-13/h2,5-6,8-9,15,17H,1,3-4,7,10-12,16H2. The number of anilines is 1. The second kappa shape index (κ2) is 7.06. The van der Waals surface area contributed by atoms with Gasteiger partial charge >= 0.3 is 0 Å². The Morgan fingerprint density at radius 2 is 1.90 bits per heavy atom. The van der Waals surface area contributed by atoms with E-state index in [1.807, 2.05) is 24.3 Å². The molecular formula is C15H23N3O2S. The largest absolute Gasteiger partial charge is 0.324 e. The predicted molar refractivity (Wildman–Crippen MR) is 86.3 cm³/mol. The Kier molecular flexibility index (Phi) is 5.39. The maximum Gasteiger partial charge on any atom is 0.220 e. The van der Waals surface area contributed by atoms with Crippen molar-refractivity contribution in [3.8, 4) is 0 Å². The van der Waals surface area contributed by atoms with E-state index in [0.29, 0.717) is 25.9 Å². The van der Waals surface area contributed by atoms with Crippen LogP contribution in [0.5, 0.6) is 0 Å². The number of benzene rings is 1. The van der Waals surface area contributed by atoms with E-state index < -0.39 is 15.3 Å². The Balaban J connectivity index is 1.99. The summed E-state index contributed by atoms with van der Waals surface area (Å²) >= 11 is 0. The zero-order chi connectivity index (χ0) is 15.3. The molecule has 5 nitrogen and oxygen atoms in total. The number of sulfonamides is 1. The van der Waals surface area contributed by atoms with Gasteiger partial charge in [0.1, 0.15) is 0 Å². The van der Waals surface area contributed by atoms with Gasteiger partial charge < -0.3 is 5.43 Å². The van der Waals surface area contributed by atoms with E-state index in [-0.39, 0.29) is 0 Å². The zero-order valence-corrected chi connectivity index (χ0v) is 13.0. The molecule has 116 valence electrons. The Labute approximate surface area is 126 Å². The van der Waals surface area contributed by atoms with Crippen LogP contribution in [-0.4, -0.2) is 31.1 Å². The molecule has 0 spiro atoms. The van der Waals surface area contributed by atoms with Crippen molar-refractivity contribution in [3.63, 3.8) is 0 Å². The Bertz CT molecular complexity index is 563. The highest BCUT2D eigenvalue weighted by Gasteiger charge is 2.31. The maximum absolute atomic E-state index is 12.5. The van der Waals surface area contributed by atoms with Crippen molar-refractivity contribution in [3.05, 3.63) is 42.5 Å². The Morgan fingerprint density at radius 1 is 1.29 bits per heavy atom. The van der Waals surface area contributed by atoms with E-state index in [0.717, 1.165) is 24.1 Å². The first-order chi connectivity index (χ1) is 10.1. The van der Waals surface area contributed by atoms with Crippen molar-refractivity contribution in [1.82, 2.24) is 4.31 Å². The van der Waals surface area contributed by atoms with Crippen LogP contribution in [0.25, 0.3) is 0 Å². The summed E-state index contributed by atoms with van der Waals surface area (Å²) in [5, 5.41) is -0.511. The zero-order valence-electron chi connectivity index (χ0n) is 12.2. The molecule has 1 aromatic rings. The van der Waals surface area contributed by atoms with Gasteiger partial charge in [-0.25, -0.2) is 12.7 Å². The van der Waals surface area contributed by atoms with Gasteiger partial charge in [0.2, 0.25) is 10.0 Å². The molecule has 3 N–H and O–H groups in total. The average molecular weight is 309 g/mol. The van der Waals surface area contributed by atoms with Gasteiger partial charge in [0, 0.05) is 18.8 Å². The lowest BCUT2D eigenvalue weighted by atomic mass is 10.1. The minimum atomic E-state index is -3.25. The molecule has 1 aliphatic rings. The number of aryl methyl sites for hydroxylation is 1. The number of nitrogens with one attached hydrogen (secondary N) is 1. The fourth-order valence-electron chi connectivity index (χ4n) is 2.60. The minimum absolute atomic E-state index is 0.511. The molecular weight excluding hydrogens is 286 g/mol. The third-order valence-electron chi connectivity index (χ3n) is 3.91. The molecule has 2 rings (SSSR count). The van der Waals surface area contributed by atoms with E-state index in [1.54, 1.807) is 10.4 Å². The van der Waals surface area contributed by atoms with Gasteiger partial charge in [0.05, 0.1) is 5.25 Å². The third-order valence-corrected chi connectivity index (χ3v) is 6.19. The van der Waals surface area contributed by atoms with Crippen molar-refractivity contribution < 1.29 is 8.42 Å². The molecule has 1 unspecified atom stereocenters. The summed E-state index contributed by atoms with van der Waals surface area (Å²) < 4.78 is 26.6. The van der Waals surface area contributed by atoms with E-state index in [2.05, 4.69) is 12.0 Å². The number of nitrogens with two attached hydrogens (primary N) is 1. The van der Waals surface area contributed by atoms with Crippen LogP contribution in [0, 0.1) is 0 Å². The van der Waals surface area contributed by atoms with Crippen molar-refractivity contribution in [2.45, 2.75) is 30.9 Å². The highest BCUT2D eigenvalue weighted by atomic mass is 32.2. The SMILES string of the molecule is C=CC(CCc1ccc(NN)cc1)S(=O)(=O)N1CCCC1. The summed E-state index contributed by atoms with van der Waals surface area (Å²) in [6.07, 6.45) is 4.73. The normalized spacial score (nSPS) is 17.6. The second-order valence-electron chi connectivity index (χ2n) is 5.31. The molecule has 0 radical (unpaired) electrons. The highest BCUT2D eigenvalue weighted by Crippen LogP contribution is 2.21. The molecule has 0 saturated carbocycles. The number of hydrogen-bond donors (Lipinski definition) is 2. The molecule has 1 aromatic carbocycles. The topological polar surface area (TPSA) is 75.4 Å². The molecule has 21 heavy (non-hydrogen) atoms. The van der Waals surface area contributed by atoms with Crippen LogP contribution in [-0.2, 0) is 16.4 Å². The molecule has 0 aliphatic carbocycles. The van der Waals surface area contributed by atoms with Gasteiger partial charge in [-0.2, -0.15) is 0 Å². The lowest BCUT2D eigenvalue weighted by molar-refractivity contribution is 0.468. The summed E-state index contributed by atoms with van der Waals surface area (Å²) in [5.74, 6) is 5.32. The molecule has 1 heterocycles. The first kappa shape index (κ1) is 16.0. The number of hydrogen-bond acceptors (Lipinski definition) is 4. The molecule has 0 amide bonds. The number of hydrazine groups is 1. The maximum atomic E-state index is 12.5. The monoisotopic (exact) mass is 309 g/mol. The summed E-state index contributed by atoms with van der Waals surface area (Å²) in [6, 6.07) is 7.68. The number of rotatable bonds is 7. The molecule has 6 heteroatoms. The van der Waals surface area contributed by atoms with Crippen molar-refractivity contribution >= 4 is 15.7 Å². The quantitative estimate of drug-likeness (QED) is 0.458. The van der Waals surface area contributed by atoms with Crippen molar-refractivity contribution in [2.24, 2.45) is 5.84 Å². The van der Waals surface area contributed by atoms with Crippen LogP contribution in [0.1, 0.15) is 24.8 Å². The van der Waals surface area contributed by atoms with E-state index in [9.17, 15) is 8.42 Å². The summed E-state index contributed by atoms with van der Waals surface area (Å²) in [6.45, 7) is 4.99. The van der Waals surface area contributed by atoms with Gasteiger partial charge in [0.25, 0.3) is 0 Å². The highest BCUT2D eigenvalue weighted by molar-refractivity contribution is 7.89. The first-order valence-corrected chi connectivity index (χ1v) is 8.75. The molecule has 0 bridgehead atoms. The van der Waals surface area contributed by atoms with E-state index >= 15 is 0 Å². The lowest BCUT2D eigenvalue weighted by Crippen LogP contribution is -2.36. The molecule has 1 saturated heterocycles. The Hall–Kier alpha value is -1.37. The van der Waals surface area contributed by atoms with Crippen molar-refractivity contribution in [1.29, 1.82) is 0 Å². The second-order valence-corrected chi connectivity index (χ2v) is 7.46. The summed E-state index contributed by atoms with van der Waals surface area (Å²) in [7, 11) is -3.25. The van der Waals surface area contributed by atoms with E-state index in [4.69, 9.17) is 5.84 Å². The summed E-state index contributed by atoms with van der Waals surface area (Å²) in [4.78, 5) is 0. The fourth-order valence-corrected chi connectivity index (χ4v) is 4.41. The number of nitrogen functional groups attached to an aromatic ring is 1. The van der Waals surface area contributed by atoms with Crippen LogP contribution >= 0.6 is 0 Å². The smallest absolute Gasteiger partial charge is 0.220 e. The fraction of sp³-hybridized carbons (Fsp3) is 0.467. The van der Waals surface area contributed by atoms with Gasteiger partial charge in [-0.3, -0.25) is 5.84 Å². The first-order valence-electron chi connectivity index (χ1n) is 7.25. The predicted octanol–water partition coefficient (Wildman–Crippen LogP) is 1.89. The Morgan fingerprint density at radius 3 is 2.43 bits per heavy atom. The van der Waals surface area contributed by atoms with E-state index in [1.165, 1.54) is 0 Å². The van der Waals surface area contributed by atoms with Gasteiger partial charge in [-0.05, 0) is 43.4 Å². The van der Waals surface area contributed by atoms with Crippen LogP contribution in [0.2, 0.25) is 0 Å². The van der Waals surface area contributed by atoms with Crippen molar-refractivity contribution in [2.75, 3.05) is 18.5 Å². The van der Waals surface area contributed by atoms with Crippen LogP contribution in [0.3, 0.4) is 0 Å². The third kappa shape index (κ3) is 3.84. The van der Waals surface area contributed by atoms with Crippen LogP contribution in [0.4, 0.5) is 5.69 Å². The van der Waals surface area contributed by atoms with Crippen LogP contribution in [0.15, 0.2) is 36.9 Å². The summed E-state index contributed by atoms with van der Waals surface area (Å²) in [5.41, 5.74) is 4.50. The average Bonchev–Trinajstić information content (AvgIpc) is 3.03. The van der Waals surface area contributed by atoms with Gasteiger partial charge in [-0.15, -0.1) is 6.58 Å². The molecule has 0 aromatic heterocycles. The minimum Gasteiger partial charge on any atom is -0.324 e. The van der Waals surface area contributed by atoms with Gasteiger partial charge in [0.15, 0.2) is 0 Å². The lowest BCUT2D eigenvalue weighted by Gasteiger charge is -2.21. The van der Waals surface area contributed by atoms with Gasteiger partial charge in [-0.1, -0.05) is 18.2 Å². The molecule has 1 fully saturated rings. The molecule has 1 aliphatic heterocycles.